The third kappa shape index (κ3) is 5.31. The second-order valence-corrected chi connectivity index (χ2v) is 7.92. The van der Waals surface area contributed by atoms with E-state index in [1.165, 1.54) is 26.2 Å². The smallest absolute Gasteiger partial charge is 0.295 e. The van der Waals surface area contributed by atoms with Crippen molar-refractivity contribution in [3.8, 4) is 23.0 Å². The number of nitrogens with zero attached hydrogens (tertiary/aromatic N) is 1. The van der Waals surface area contributed by atoms with Gasteiger partial charge < -0.3 is 33.7 Å². The van der Waals surface area contributed by atoms with E-state index in [4.69, 9.17) is 23.7 Å². The number of Topliss-reactive ketones (excluding diaryl/α,β-unsaturated/α-hetero) is 1. The van der Waals surface area contributed by atoms with Crippen LogP contribution in [-0.2, 0) is 14.3 Å². The highest BCUT2D eigenvalue weighted by Crippen LogP contribution is 2.45. The van der Waals surface area contributed by atoms with Gasteiger partial charge in [0.2, 0.25) is 5.75 Å². The third-order valence-electron chi connectivity index (χ3n) is 5.79. The number of hydrogen-bond acceptors (Lipinski definition) is 8. The van der Waals surface area contributed by atoms with Gasteiger partial charge in [0, 0.05) is 25.8 Å². The molecule has 9 heteroatoms. The first-order valence-electron chi connectivity index (χ1n) is 11.3. The topological polar surface area (TPSA) is 104 Å². The molecule has 0 spiro atoms. The molecule has 0 saturated carbocycles. The van der Waals surface area contributed by atoms with E-state index >= 15 is 0 Å². The maximum Gasteiger partial charge on any atom is 0.295 e. The van der Waals surface area contributed by atoms with Gasteiger partial charge in [0.15, 0.2) is 11.5 Å². The van der Waals surface area contributed by atoms with Gasteiger partial charge in [-0.1, -0.05) is 12.7 Å². The molecule has 192 valence electrons. The van der Waals surface area contributed by atoms with Crippen molar-refractivity contribution in [2.75, 3.05) is 48.2 Å². The average Bonchev–Trinajstić information content (AvgIpc) is 3.16. The lowest BCUT2D eigenvalue weighted by molar-refractivity contribution is -0.140. The fourth-order valence-electron chi connectivity index (χ4n) is 4.12. The van der Waals surface area contributed by atoms with Gasteiger partial charge in [0.25, 0.3) is 11.7 Å². The van der Waals surface area contributed by atoms with Gasteiger partial charge in [-0.05, 0) is 48.4 Å². The second-order valence-electron chi connectivity index (χ2n) is 7.92. The monoisotopic (exact) mass is 497 g/mol. The Hall–Kier alpha value is -3.98. The number of ether oxygens (including phenoxy) is 5. The molecule has 1 unspecified atom stereocenters. The molecule has 1 amide bonds. The first kappa shape index (κ1) is 26.6. The SMILES string of the molecule is C=CCOc1ccc(C(O)=C2C(=O)C(=O)N(CCCOC)C2c2cc(OC)c(OC)c(OC)c2)cc1. The third-order valence-corrected chi connectivity index (χ3v) is 5.79. The van der Waals surface area contributed by atoms with Crippen molar-refractivity contribution in [1.82, 2.24) is 4.90 Å². The summed E-state index contributed by atoms with van der Waals surface area (Å²) in [5.41, 5.74) is 0.855. The molecular weight excluding hydrogens is 466 g/mol. The van der Waals surface area contributed by atoms with E-state index in [1.54, 1.807) is 49.6 Å². The van der Waals surface area contributed by atoms with Crippen molar-refractivity contribution >= 4 is 17.4 Å². The molecule has 0 aliphatic carbocycles. The van der Waals surface area contributed by atoms with Gasteiger partial charge in [0.1, 0.15) is 18.1 Å². The van der Waals surface area contributed by atoms with Crippen molar-refractivity contribution in [2.24, 2.45) is 0 Å². The molecule has 1 fully saturated rings. The molecule has 9 nitrogen and oxygen atoms in total. The second kappa shape index (κ2) is 12.1. The number of likely N-dealkylation sites (tertiary alicyclic amines) is 1. The summed E-state index contributed by atoms with van der Waals surface area (Å²) in [5.74, 6) is -0.122. The average molecular weight is 498 g/mol. The molecule has 2 aromatic carbocycles. The fraction of sp³-hybridized carbons (Fsp3) is 0.333. The van der Waals surface area contributed by atoms with E-state index in [9.17, 15) is 14.7 Å². The summed E-state index contributed by atoms with van der Waals surface area (Å²) in [6.45, 7) is 4.59. The molecule has 1 saturated heterocycles. The molecule has 0 aromatic heterocycles. The first-order valence-corrected chi connectivity index (χ1v) is 11.3. The Morgan fingerprint density at radius 3 is 2.19 bits per heavy atom. The van der Waals surface area contributed by atoms with Gasteiger partial charge in [-0.2, -0.15) is 0 Å². The van der Waals surface area contributed by atoms with Crippen molar-refractivity contribution in [3.05, 3.63) is 65.8 Å². The number of rotatable bonds is 12. The van der Waals surface area contributed by atoms with Crippen molar-refractivity contribution in [3.63, 3.8) is 0 Å². The molecule has 0 radical (unpaired) electrons. The Morgan fingerprint density at radius 2 is 1.67 bits per heavy atom. The van der Waals surface area contributed by atoms with Gasteiger partial charge >= 0.3 is 0 Å². The molecule has 1 atom stereocenters. The summed E-state index contributed by atoms with van der Waals surface area (Å²) in [6, 6.07) is 9.04. The lowest BCUT2D eigenvalue weighted by Crippen LogP contribution is -2.31. The Kier molecular flexibility index (Phi) is 8.97. The Bertz CT molecular complexity index is 1110. The zero-order valence-electron chi connectivity index (χ0n) is 20.9. The number of carbonyl (C=O) groups is 2. The highest BCUT2D eigenvalue weighted by molar-refractivity contribution is 6.46. The van der Waals surface area contributed by atoms with Crippen LogP contribution >= 0.6 is 0 Å². The van der Waals surface area contributed by atoms with Crippen LogP contribution in [0.2, 0.25) is 0 Å². The number of amides is 1. The van der Waals surface area contributed by atoms with E-state index in [1.807, 2.05) is 0 Å². The highest BCUT2D eigenvalue weighted by atomic mass is 16.5. The van der Waals surface area contributed by atoms with Crippen LogP contribution in [0.15, 0.2) is 54.6 Å². The highest BCUT2D eigenvalue weighted by Gasteiger charge is 2.46. The van der Waals surface area contributed by atoms with E-state index in [0.29, 0.717) is 53.8 Å². The summed E-state index contributed by atoms with van der Waals surface area (Å²) in [5, 5.41) is 11.3. The lowest BCUT2D eigenvalue weighted by Gasteiger charge is -2.26. The standard InChI is InChI=1S/C27H31NO8/c1-6-13-36-19-10-8-17(9-11-19)24(29)22-23(28(12-7-14-32-2)27(31)25(22)30)18-15-20(33-3)26(35-5)21(16-18)34-4/h6,8-11,15-16,23,29H,1,7,12-14H2,2-5H3. The van der Waals surface area contributed by atoms with Crippen LogP contribution in [-0.4, -0.2) is 69.9 Å². The lowest BCUT2D eigenvalue weighted by atomic mass is 9.94. The maximum absolute atomic E-state index is 13.2. The maximum atomic E-state index is 13.2. The Labute approximate surface area is 210 Å². The molecule has 1 aliphatic heterocycles. The van der Waals surface area contributed by atoms with Gasteiger partial charge in [-0.3, -0.25) is 9.59 Å². The predicted molar refractivity (Wildman–Crippen MR) is 134 cm³/mol. The minimum Gasteiger partial charge on any atom is -0.507 e. The number of carbonyl (C=O) groups excluding carboxylic acids is 2. The van der Waals surface area contributed by atoms with Crippen LogP contribution in [0, 0.1) is 0 Å². The zero-order chi connectivity index (χ0) is 26.2. The Balaban J connectivity index is 2.16. The number of aliphatic hydroxyl groups excluding tert-OH is 1. The minimum absolute atomic E-state index is 0.0357. The van der Waals surface area contributed by atoms with Crippen LogP contribution in [0.25, 0.3) is 5.76 Å². The van der Waals surface area contributed by atoms with Crippen LogP contribution in [0.1, 0.15) is 23.6 Å². The quantitative estimate of drug-likeness (QED) is 0.156. The largest absolute Gasteiger partial charge is 0.507 e. The summed E-state index contributed by atoms with van der Waals surface area (Å²) in [6.07, 6.45) is 2.12. The number of ketones is 1. The molecule has 2 aromatic rings. The summed E-state index contributed by atoms with van der Waals surface area (Å²) >= 11 is 0. The number of methoxy groups -OCH3 is 4. The predicted octanol–water partition coefficient (Wildman–Crippen LogP) is 3.74. The minimum atomic E-state index is -0.882. The molecule has 36 heavy (non-hydrogen) atoms. The fourth-order valence-corrected chi connectivity index (χ4v) is 4.12. The van der Waals surface area contributed by atoms with Gasteiger partial charge in [0.05, 0.1) is 32.9 Å². The number of aliphatic hydroxyl groups is 1. The number of benzene rings is 2. The molecule has 3 rings (SSSR count). The van der Waals surface area contributed by atoms with E-state index in [0.717, 1.165) is 0 Å². The molecular formula is C27H31NO8. The van der Waals surface area contributed by atoms with Crippen LogP contribution in [0.3, 0.4) is 0 Å². The number of hydrogen-bond donors (Lipinski definition) is 1. The van der Waals surface area contributed by atoms with Crippen molar-refractivity contribution in [2.45, 2.75) is 12.5 Å². The van der Waals surface area contributed by atoms with Crippen LogP contribution in [0.4, 0.5) is 0 Å². The first-order chi connectivity index (χ1) is 17.4. The van der Waals surface area contributed by atoms with Crippen LogP contribution in [0.5, 0.6) is 23.0 Å². The molecule has 0 bridgehead atoms. The van der Waals surface area contributed by atoms with Crippen LogP contribution < -0.4 is 18.9 Å². The molecule has 1 N–H and O–H groups in total. The summed E-state index contributed by atoms with van der Waals surface area (Å²) in [7, 11) is 6.01. The van der Waals surface area contributed by atoms with E-state index < -0.39 is 17.7 Å². The van der Waals surface area contributed by atoms with Crippen molar-refractivity contribution < 1.29 is 38.4 Å². The Morgan fingerprint density at radius 1 is 1.03 bits per heavy atom. The molecule has 1 aliphatic rings. The van der Waals surface area contributed by atoms with E-state index in [2.05, 4.69) is 6.58 Å². The zero-order valence-corrected chi connectivity index (χ0v) is 20.9. The normalized spacial score (nSPS) is 16.7. The summed E-state index contributed by atoms with van der Waals surface area (Å²) < 4.78 is 27.0. The van der Waals surface area contributed by atoms with Gasteiger partial charge in [-0.15, -0.1) is 0 Å². The summed E-state index contributed by atoms with van der Waals surface area (Å²) in [4.78, 5) is 27.8. The van der Waals surface area contributed by atoms with Crippen molar-refractivity contribution in [1.29, 1.82) is 0 Å². The van der Waals surface area contributed by atoms with E-state index in [-0.39, 0.29) is 17.9 Å². The molecule has 1 heterocycles. The van der Waals surface area contributed by atoms with Gasteiger partial charge in [-0.25, -0.2) is 0 Å².